The smallest absolute Gasteiger partial charge is 0.217 e. The molecule has 0 bridgehead atoms. The molecule has 0 aromatic heterocycles. The van der Waals surface area contributed by atoms with E-state index in [9.17, 15) is 4.79 Å². The average molecular weight is 159 g/mol. The summed E-state index contributed by atoms with van der Waals surface area (Å²) >= 11 is 4.05. The second-order valence-corrected chi connectivity index (χ2v) is 2.65. The molecule has 0 saturated heterocycles. The summed E-state index contributed by atoms with van der Waals surface area (Å²) in [5.41, 5.74) is 0.935. The summed E-state index contributed by atoms with van der Waals surface area (Å²) in [7, 11) is 0. The van der Waals surface area contributed by atoms with Crippen molar-refractivity contribution in [2.45, 2.75) is 19.9 Å². The van der Waals surface area contributed by atoms with Crippen molar-refractivity contribution < 1.29 is 4.79 Å². The zero-order chi connectivity index (χ0) is 8.15. The molecule has 0 aliphatic rings. The molecule has 0 aliphatic heterocycles. The Morgan fingerprint density at radius 1 is 1.70 bits per heavy atom. The summed E-state index contributed by atoms with van der Waals surface area (Å²) in [4.78, 5) is 10.5. The van der Waals surface area contributed by atoms with Crippen LogP contribution < -0.4 is 5.32 Å². The highest BCUT2D eigenvalue weighted by Crippen LogP contribution is 1.99. The Kier molecular flexibility index (Phi) is 4.19. The van der Waals surface area contributed by atoms with Crippen LogP contribution in [0.2, 0.25) is 0 Å². The molecule has 1 N–H and O–H groups in total. The normalized spacial score (nSPS) is 12.3. The van der Waals surface area contributed by atoms with Crippen LogP contribution in [0.1, 0.15) is 13.8 Å². The number of hydrogen-bond donors (Lipinski definition) is 2. The SMILES string of the molecule is C=C(C)[C@H](CS)NC(C)=O. The Bertz CT molecular complexity index is 145. The van der Waals surface area contributed by atoms with Gasteiger partial charge in [0.05, 0.1) is 6.04 Å². The van der Waals surface area contributed by atoms with Gasteiger partial charge in [-0.25, -0.2) is 0 Å². The number of thiol groups is 1. The van der Waals surface area contributed by atoms with Gasteiger partial charge in [0.25, 0.3) is 0 Å². The van der Waals surface area contributed by atoms with Crippen LogP contribution >= 0.6 is 12.6 Å². The van der Waals surface area contributed by atoms with Crippen molar-refractivity contribution in [1.82, 2.24) is 5.32 Å². The van der Waals surface area contributed by atoms with Crippen LogP contribution in [-0.4, -0.2) is 17.7 Å². The lowest BCUT2D eigenvalue weighted by Gasteiger charge is -2.14. The second kappa shape index (κ2) is 4.39. The van der Waals surface area contributed by atoms with Crippen molar-refractivity contribution in [1.29, 1.82) is 0 Å². The molecule has 0 aliphatic carbocycles. The Balaban J connectivity index is 3.83. The molecular formula is C7H13NOS. The monoisotopic (exact) mass is 159 g/mol. The average Bonchev–Trinajstić information content (AvgIpc) is 1.81. The highest BCUT2D eigenvalue weighted by molar-refractivity contribution is 7.80. The van der Waals surface area contributed by atoms with E-state index in [0.29, 0.717) is 5.75 Å². The standard InChI is InChI=1S/C7H13NOS/c1-5(2)7(4-10)8-6(3)9/h7,10H,1,4H2,2-3H3,(H,8,9)/t7-/m0/s1. The zero-order valence-corrected chi connectivity index (χ0v) is 7.24. The molecule has 2 nitrogen and oxygen atoms in total. The van der Waals surface area contributed by atoms with Crippen LogP contribution in [0.4, 0.5) is 0 Å². The summed E-state index contributed by atoms with van der Waals surface area (Å²) in [6.07, 6.45) is 0. The van der Waals surface area contributed by atoms with Gasteiger partial charge in [-0.15, -0.1) is 0 Å². The van der Waals surface area contributed by atoms with Crippen LogP contribution in [-0.2, 0) is 4.79 Å². The summed E-state index contributed by atoms with van der Waals surface area (Å²) in [6, 6.07) is 0.0147. The van der Waals surface area contributed by atoms with E-state index in [0.717, 1.165) is 5.57 Å². The molecule has 1 atom stereocenters. The maximum absolute atomic E-state index is 10.5. The van der Waals surface area contributed by atoms with Crippen molar-refractivity contribution in [2.24, 2.45) is 0 Å². The third-order valence-corrected chi connectivity index (χ3v) is 1.52. The first-order valence-corrected chi connectivity index (χ1v) is 3.74. The van der Waals surface area contributed by atoms with Gasteiger partial charge in [-0.1, -0.05) is 12.2 Å². The maximum Gasteiger partial charge on any atom is 0.217 e. The van der Waals surface area contributed by atoms with Gasteiger partial charge in [-0.05, 0) is 6.92 Å². The maximum atomic E-state index is 10.5. The number of rotatable bonds is 3. The van der Waals surface area contributed by atoms with E-state index >= 15 is 0 Å². The van der Waals surface area contributed by atoms with E-state index < -0.39 is 0 Å². The highest BCUT2D eigenvalue weighted by atomic mass is 32.1. The molecule has 1 amide bonds. The molecule has 0 unspecified atom stereocenters. The van der Waals surface area contributed by atoms with E-state index in [-0.39, 0.29) is 11.9 Å². The molecule has 10 heavy (non-hydrogen) atoms. The fourth-order valence-corrected chi connectivity index (χ4v) is 0.973. The van der Waals surface area contributed by atoms with Gasteiger partial charge in [-0.3, -0.25) is 4.79 Å². The third kappa shape index (κ3) is 3.56. The van der Waals surface area contributed by atoms with Crippen molar-refractivity contribution >= 4 is 18.5 Å². The van der Waals surface area contributed by atoms with Gasteiger partial charge >= 0.3 is 0 Å². The quantitative estimate of drug-likeness (QED) is 0.467. The van der Waals surface area contributed by atoms with Gasteiger partial charge in [-0.2, -0.15) is 12.6 Å². The van der Waals surface area contributed by atoms with Crippen LogP contribution in [0.5, 0.6) is 0 Å². The van der Waals surface area contributed by atoms with Crippen LogP contribution in [0.3, 0.4) is 0 Å². The van der Waals surface area contributed by atoms with Crippen LogP contribution in [0.25, 0.3) is 0 Å². The molecule has 0 spiro atoms. The Morgan fingerprint density at radius 2 is 2.20 bits per heavy atom. The summed E-state index contributed by atoms with van der Waals surface area (Å²) < 4.78 is 0. The lowest BCUT2D eigenvalue weighted by atomic mass is 10.2. The van der Waals surface area contributed by atoms with Crippen LogP contribution in [0.15, 0.2) is 12.2 Å². The summed E-state index contributed by atoms with van der Waals surface area (Å²) in [6.45, 7) is 7.07. The number of nitrogens with one attached hydrogen (secondary N) is 1. The molecule has 0 aromatic carbocycles. The predicted molar refractivity (Wildman–Crippen MR) is 46.3 cm³/mol. The number of carbonyl (C=O) groups is 1. The Labute approximate surface area is 67.1 Å². The predicted octanol–water partition coefficient (Wildman–Crippen LogP) is 0.997. The summed E-state index contributed by atoms with van der Waals surface area (Å²) in [5, 5.41) is 2.71. The summed E-state index contributed by atoms with van der Waals surface area (Å²) in [5.74, 6) is 0.566. The minimum absolute atomic E-state index is 0.0147. The fraction of sp³-hybridized carbons (Fsp3) is 0.571. The highest BCUT2D eigenvalue weighted by Gasteiger charge is 2.06. The van der Waals surface area contributed by atoms with E-state index in [2.05, 4.69) is 24.5 Å². The van der Waals surface area contributed by atoms with Crippen LogP contribution in [0, 0.1) is 0 Å². The minimum Gasteiger partial charge on any atom is -0.349 e. The first kappa shape index (κ1) is 9.56. The molecule has 0 aromatic rings. The van der Waals surface area contributed by atoms with Crippen molar-refractivity contribution in [3.8, 4) is 0 Å². The number of carbonyl (C=O) groups excluding carboxylic acids is 1. The fourth-order valence-electron chi connectivity index (χ4n) is 0.570. The molecule has 0 radical (unpaired) electrons. The second-order valence-electron chi connectivity index (χ2n) is 2.28. The first-order chi connectivity index (χ1) is 4.57. The minimum atomic E-state index is -0.0398. The first-order valence-electron chi connectivity index (χ1n) is 3.11. The van der Waals surface area contributed by atoms with Gasteiger partial charge in [0.15, 0.2) is 0 Å². The van der Waals surface area contributed by atoms with Crippen molar-refractivity contribution in [2.75, 3.05) is 5.75 Å². The van der Waals surface area contributed by atoms with E-state index in [1.165, 1.54) is 6.92 Å². The molecular weight excluding hydrogens is 146 g/mol. The molecule has 0 heterocycles. The van der Waals surface area contributed by atoms with E-state index in [1.54, 1.807) is 0 Å². The number of amides is 1. The topological polar surface area (TPSA) is 29.1 Å². The lowest BCUT2D eigenvalue weighted by Crippen LogP contribution is -2.35. The Hall–Kier alpha value is -0.440. The van der Waals surface area contributed by atoms with Crippen molar-refractivity contribution in [3.05, 3.63) is 12.2 Å². The molecule has 58 valence electrons. The molecule has 3 heteroatoms. The third-order valence-electron chi connectivity index (χ3n) is 1.15. The molecule has 0 fully saturated rings. The van der Waals surface area contributed by atoms with Gasteiger partial charge in [0.2, 0.25) is 5.91 Å². The Morgan fingerprint density at radius 3 is 2.30 bits per heavy atom. The lowest BCUT2D eigenvalue weighted by molar-refractivity contribution is -0.119. The molecule has 0 rings (SSSR count). The van der Waals surface area contributed by atoms with Crippen molar-refractivity contribution in [3.63, 3.8) is 0 Å². The molecule has 0 saturated carbocycles. The number of hydrogen-bond acceptors (Lipinski definition) is 2. The van der Waals surface area contributed by atoms with E-state index in [1.807, 2.05) is 6.92 Å². The van der Waals surface area contributed by atoms with E-state index in [4.69, 9.17) is 0 Å². The largest absolute Gasteiger partial charge is 0.349 e. The zero-order valence-electron chi connectivity index (χ0n) is 6.35. The van der Waals surface area contributed by atoms with Gasteiger partial charge in [0.1, 0.15) is 0 Å². The van der Waals surface area contributed by atoms with Gasteiger partial charge in [0, 0.05) is 12.7 Å². The van der Waals surface area contributed by atoms with Gasteiger partial charge < -0.3 is 5.32 Å².